The van der Waals surface area contributed by atoms with Crippen LogP contribution in [0.4, 0.5) is 0 Å². The normalized spacial score (nSPS) is 10.2. The van der Waals surface area contributed by atoms with Crippen molar-refractivity contribution in [3.63, 3.8) is 0 Å². The fourth-order valence-electron chi connectivity index (χ4n) is 1.56. The average molecular weight is 293 g/mol. The van der Waals surface area contributed by atoms with Gasteiger partial charge in [0, 0.05) is 20.0 Å². The molecule has 4 nitrogen and oxygen atoms in total. The first-order valence-corrected chi connectivity index (χ1v) is 9.11. The monoisotopic (exact) mass is 292 g/mol. The lowest BCUT2D eigenvalue weighted by Gasteiger charge is -2.05. The number of rotatable bonds is 11. The van der Waals surface area contributed by atoms with Crippen LogP contribution in [0.1, 0.15) is 58.3 Å². The third-order valence-corrected chi connectivity index (χ3v) is 4.19. The van der Waals surface area contributed by atoms with Crippen LogP contribution in [0.2, 0.25) is 0 Å². The van der Waals surface area contributed by atoms with Gasteiger partial charge in [-0.2, -0.15) is 10.0 Å². The van der Waals surface area contributed by atoms with Crippen molar-refractivity contribution in [3.8, 4) is 0 Å². The Labute approximate surface area is 118 Å². The van der Waals surface area contributed by atoms with E-state index < -0.39 is 13.9 Å². The Hall–Kier alpha value is -0.0775. The van der Waals surface area contributed by atoms with Gasteiger partial charge in [-0.3, -0.25) is 4.79 Å². The predicted octanol–water partition coefficient (Wildman–Crippen LogP) is 3.11. The molecule has 0 aliphatic carbocycles. The number of carbonyl (C=O) groups is 2. The van der Waals surface area contributed by atoms with Crippen molar-refractivity contribution >= 4 is 35.7 Å². The molecule has 18 heavy (non-hydrogen) atoms. The van der Waals surface area contributed by atoms with Gasteiger partial charge >= 0.3 is 13.9 Å². The fraction of sp³-hybridized carbons (Fsp3) is 0.833. The summed E-state index contributed by atoms with van der Waals surface area (Å²) < 4.78 is 9.62. The second-order valence-electron chi connectivity index (χ2n) is 4.32. The molecule has 0 aliphatic rings. The Kier molecular flexibility index (Phi) is 11.9. The quantitative estimate of drug-likeness (QED) is 0.434. The summed E-state index contributed by atoms with van der Waals surface area (Å²) in [6.45, 7) is 1.62. The van der Waals surface area contributed by atoms with E-state index in [9.17, 15) is 9.59 Å². The summed E-state index contributed by atoms with van der Waals surface area (Å²) in [4.78, 5) is 21.9. The van der Waals surface area contributed by atoms with Crippen molar-refractivity contribution in [2.75, 3.05) is 7.11 Å². The van der Waals surface area contributed by atoms with Crippen molar-refractivity contribution < 1.29 is 17.2 Å². The van der Waals surface area contributed by atoms with Crippen LogP contribution < -0.4 is 0 Å². The molecule has 0 saturated carbocycles. The van der Waals surface area contributed by atoms with Crippen LogP contribution in [0.5, 0.6) is 0 Å². The first-order chi connectivity index (χ1) is 8.56. The third-order valence-electron chi connectivity index (χ3n) is 2.57. The summed E-state index contributed by atoms with van der Waals surface area (Å²) in [6, 6.07) is 0. The molecule has 0 fully saturated rings. The molecule has 0 saturated heterocycles. The molecule has 0 radical (unpaired) electrons. The number of Topliss-reactive ketones (excluding diaryl/α,β-unsaturated/α-hetero) is 1. The maximum absolute atomic E-state index is 11.2. The van der Waals surface area contributed by atoms with Crippen molar-refractivity contribution in [2.45, 2.75) is 58.3 Å². The molecule has 0 aromatic rings. The van der Waals surface area contributed by atoms with Gasteiger partial charge in [0.05, 0.1) is 0 Å². The van der Waals surface area contributed by atoms with Crippen molar-refractivity contribution in [3.05, 3.63) is 0 Å². The average Bonchev–Trinajstić information content (AvgIpc) is 2.31. The van der Waals surface area contributed by atoms with E-state index in [-0.39, 0.29) is 11.8 Å². The molecule has 0 amide bonds. The molecule has 6 heteroatoms. The highest BCUT2D eigenvalue weighted by molar-refractivity contribution is 7.00. The summed E-state index contributed by atoms with van der Waals surface area (Å²) in [6.07, 6.45) is 7.21. The van der Waals surface area contributed by atoms with Gasteiger partial charge in [-0.25, -0.2) is 0 Å². The maximum atomic E-state index is 11.2. The third kappa shape index (κ3) is 12.4. The molecule has 0 rings (SSSR count). The van der Waals surface area contributed by atoms with Crippen LogP contribution in [0.3, 0.4) is 0 Å². The van der Waals surface area contributed by atoms with E-state index in [1.807, 2.05) is 0 Å². The molecular formula is C12H22AlClO4. The molecule has 0 unspecified atom stereocenters. The van der Waals surface area contributed by atoms with Gasteiger partial charge in [-0.05, 0) is 19.8 Å². The van der Waals surface area contributed by atoms with Gasteiger partial charge in [-0.15, -0.1) is 0 Å². The minimum Gasteiger partial charge on any atom is -0.583 e. The van der Waals surface area contributed by atoms with Gasteiger partial charge in [0.2, 0.25) is 0 Å². The topological polar surface area (TPSA) is 52.6 Å². The molecule has 0 atom stereocenters. The predicted molar refractivity (Wildman–Crippen MR) is 72.3 cm³/mol. The summed E-state index contributed by atoms with van der Waals surface area (Å²) in [5.41, 5.74) is 0. The molecular weight excluding hydrogens is 271 g/mol. The largest absolute Gasteiger partial charge is 0.907 e. The van der Waals surface area contributed by atoms with Crippen LogP contribution in [0.25, 0.3) is 0 Å². The van der Waals surface area contributed by atoms with Gasteiger partial charge < -0.3 is 12.4 Å². The molecule has 0 aliphatic heterocycles. The maximum Gasteiger partial charge on any atom is 0.907 e. The lowest BCUT2D eigenvalue weighted by Crippen LogP contribution is -2.18. The Morgan fingerprint density at radius 2 is 1.50 bits per heavy atom. The van der Waals surface area contributed by atoms with Crippen molar-refractivity contribution in [1.29, 1.82) is 0 Å². The zero-order valence-electron chi connectivity index (χ0n) is 11.2. The van der Waals surface area contributed by atoms with E-state index in [2.05, 4.69) is 0 Å². The SMILES string of the molecule is C[O][Al]([Cl])[O]C(=O)CCCCCCCCC(C)=O. The number of halogens is 1. The highest BCUT2D eigenvalue weighted by Crippen LogP contribution is 2.09. The van der Waals surface area contributed by atoms with E-state index >= 15 is 0 Å². The lowest BCUT2D eigenvalue weighted by molar-refractivity contribution is -0.135. The molecule has 0 N–H and O–H groups in total. The summed E-state index contributed by atoms with van der Waals surface area (Å²) in [7, 11) is 7.07. The van der Waals surface area contributed by atoms with Gasteiger partial charge in [-0.1, -0.05) is 25.7 Å². The first-order valence-electron chi connectivity index (χ1n) is 6.42. The van der Waals surface area contributed by atoms with Crippen molar-refractivity contribution in [2.24, 2.45) is 0 Å². The van der Waals surface area contributed by atoms with Gasteiger partial charge in [0.25, 0.3) is 5.97 Å². The smallest absolute Gasteiger partial charge is 0.583 e. The van der Waals surface area contributed by atoms with Gasteiger partial charge in [0.15, 0.2) is 0 Å². The standard InChI is InChI=1S/C11H20O3.CH3O.Al.ClH/c1-10(12)8-6-4-2-3-5-7-9-11(13)14;1-2;;/h2-9H2,1H3,(H,13,14);1H3;;1H/q;-1;+3;/p-2. The van der Waals surface area contributed by atoms with Crippen LogP contribution in [-0.2, 0) is 17.2 Å². The first kappa shape index (κ1) is 17.9. The Bertz CT molecular complexity index is 248. The fourth-order valence-corrected chi connectivity index (χ4v) is 2.28. The highest BCUT2D eigenvalue weighted by Gasteiger charge is 2.26. The van der Waals surface area contributed by atoms with Crippen LogP contribution in [-0.4, -0.2) is 32.8 Å². The van der Waals surface area contributed by atoms with E-state index in [4.69, 9.17) is 17.6 Å². The minimum absolute atomic E-state index is 0.260. The van der Waals surface area contributed by atoms with Gasteiger partial charge in [0.1, 0.15) is 5.78 Å². The lowest BCUT2D eigenvalue weighted by atomic mass is 10.1. The van der Waals surface area contributed by atoms with E-state index in [0.29, 0.717) is 12.8 Å². The molecule has 0 bridgehead atoms. The highest BCUT2D eigenvalue weighted by atomic mass is 35.6. The Balaban J connectivity index is 3.25. The molecule has 0 heterocycles. The van der Waals surface area contributed by atoms with Crippen LogP contribution in [0.15, 0.2) is 0 Å². The van der Waals surface area contributed by atoms with E-state index in [1.165, 1.54) is 7.11 Å². The van der Waals surface area contributed by atoms with Crippen LogP contribution in [0, 0.1) is 0 Å². The Morgan fingerprint density at radius 3 is 2.00 bits per heavy atom. The second-order valence-corrected chi connectivity index (χ2v) is 6.65. The van der Waals surface area contributed by atoms with Crippen molar-refractivity contribution in [1.82, 2.24) is 0 Å². The molecule has 104 valence electrons. The number of carbonyl (C=O) groups excluding carboxylic acids is 2. The summed E-state index contributed by atoms with van der Waals surface area (Å²) >= 11 is -2.23. The number of hydrogen-bond donors (Lipinski definition) is 0. The summed E-state index contributed by atoms with van der Waals surface area (Å²) in [5.74, 6) is -0.00391. The zero-order chi connectivity index (χ0) is 13.8. The van der Waals surface area contributed by atoms with Crippen LogP contribution >= 0.6 is 10.0 Å². The van der Waals surface area contributed by atoms with E-state index in [1.54, 1.807) is 6.92 Å². The Morgan fingerprint density at radius 1 is 1.00 bits per heavy atom. The molecule has 0 aromatic heterocycles. The number of ketones is 1. The number of unbranched alkanes of at least 4 members (excludes halogenated alkanes) is 5. The summed E-state index contributed by atoms with van der Waals surface area (Å²) in [5, 5.41) is 0. The van der Waals surface area contributed by atoms with E-state index in [0.717, 1.165) is 38.5 Å². The minimum atomic E-state index is -2.23. The number of hydrogen-bond acceptors (Lipinski definition) is 4. The molecule has 0 aromatic carbocycles. The molecule has 0 spiro atoms. The zero-order valence-corrected chi connectivity index (χ0v) is 13.2. The second kappa shape index (κ2) is 12.0.